The van der Waals surface area contributed by atoms with Crippen LogP contribution in [-0.2, 0) is 4.79 Å². The second kappa shape index (κ2) is 10.4. The Hall–Kier alpha value is -1.79. The highest BCUT2D eigenvalue weighted by atomic mass is 19.1. The molecule has 0 spiro atoms. The van der Waals surface area contributed by atoms with Crippen LogP contribution in [0.4, 0.5) is 4.39 Å². The van der Waals surface area contributed by atoms with Gasteiger partial charge in [0.2, 0.25) is 5.91 Å². The monoisotopic (exact) mass is 512 g/mol. The zero-order valence-corrected chi connectivity index (χ0v) is 22.7. The van der Waals surface area contributed by atoms with Gasteiger partial charge in [-0.1, -0.05) is 32.9 Å². The van der Waals surface area contributed by atoms with Crippen LogP contribution in [0, 0.1) is 52.2 Å². The molecule has 5 nitrogen and oxygen atoms in total. The van der Waals surface area contributed by atoms with Gasteiger partial charge in [0.15, 0.2) is 0 Å². The minimum Gasteiger partial charge on any atom is -0.393 e. The van der Waals surface area contributed by atoms with E-state index >= 15 is 0 Å². The summed E-state index contributed by atoms with van der Waals surface area (Å²) in [6.45, 7) is 7.24. The van der Waals surface area contributed by atoms with E-state index in [1.54, 1.807) is 12.1 Å². The molecule has 4 saturated carbocycles. The average molecular weight is 513 g/mol. The number of rotatable bonds is 6. The molecule has 10 unspecified atom stereocenters. The lowest BCUT2D eigenvalue weighted by atomic mass is 9.43. The Morgan fingerprint density at radius 1 is 1.08 bits per heavy atom. The third kappa shape index (κ3) is 5.01. The number of hydrazone groups is 1. The van der Waals surface area contributed by atoms with Crippen LogP contribution in [0.1, 0.15) is 90.5 Å². The van der Waals surface area contributed by atoms with Crippen LogP contribution in [0.25, 0.3) is 0 Å². The highest BCUT2D eigenvalue weighted by molar-refractivity contribution is 5.82. The smallest absolute Gasteiger partial charge is 0.240 e. The largest absolute Gasteiger partial charge is 0.393 e. The SMILES string of the molecule is CC(CCC(=O)NN=Cc1ccc(F)cc1)C1CCC2C3C(O)CC4CC(O)CCC4(C)C3CCC12C. The van der Waals surface area contributed by atoms with Crippen molar-refractivity contribution in [2.24, 2.45) is 51.4 Å². The van der Waals surface area contributed by atoms with Gasteiger partial charge in [-0.25, -0.2) is 9.82 Å². The Morgan fingerprint density at radius 3 is 2.54 bits per heavy atom. The maximum Gasteiger partial charge on any atom is 0.240 e. The van der Waals surface area contributed by atoms with E-state index < -0.39 is 0 Å². The van der Waals surface area contributed by atoms with E-state index in [9.17, 15) is 19.4 Å². The normalized spacial score (nSPS) is 42.1. The first kappa shape index (κ1) is 26.8. The quantitative estimate of drug-likeness (QED) is 0.339. The van der Waals surface area contributed by atoms with Crippen molar-refractivity contribution in [2.75, 3.05) is 0 Å². The van der Waals surface area contributed by atoms with Crippen LogP contribution in [0.3, 0.4) is 0 Å². The number of nitrogens with zero attached hydrogens (tertiary/aromatic N) is 1. The molecular weight excluding hydrogens is 467 g/mol. The number of nitrogens with one attached hydrogen (secondary N) is 1. The highest BCUT2D eigenvalue weighted by Crippen LogP contribution is 2.68. The van der Waals surface area contributed by atoms with Crippen LogP contribution in [0.15, 0.2) is 29.4 Å². The molecule has 6 heteroatoms. The zero-order valence-electron chi connectivity index (χ0n) is 22.7. The van der Waals surface area contributed by atoms with Gasteiger partial charge in [0.1, 0.15) is 5.82 Å². The number of amides is 1. The topological polar surface area (TPSA) is 81.9 Å². The Labute approximate surface area is 221 Å². The van der Waals surface area contributed by atoms with E-state index in [0.29, 0.717) is 41.9 Å². The lowest BCUT2D eigenvalue weighted by molar-refractivity contribution is -0.174. The second-order valence-electron chi connectivity index (χ2n) is 13.3. The van der Waals surface area contributed by atoms with Gasteiger partial charge in [-0.05, 0) is 122 Å². The molecule has 4 aliphatic carbocycles. The van der Waals surface area contributed by atoms with E-state index in [2.05, 4.69) is 31.3 Å². The first-order valence-electron chi connectivity index (χ1n) is 14.6. The molecule has 4 fully saturated rings. The summed E-state index contributed by atoms with van der Waals surface area (Å²) in [5, 5.41) is 25.8. The molecule has 0 radical (unpaired) electrons. The van der Waals surface area contributed by atoms with Crippen molar-refractivity contribution in [1.82, 2.24) is 5.43 Å². The Morgan fingerprint density at radius 2 is 1.78 bits per heavy atom. The van der Waals surface area contributed by atoms with Crippen molar-refractivity contribution in [3.8, 4) is 0 Å². The van der Waals surface area contributed by atoms with Gasteiger partial charge in [-0.3, -0.25) is 4.79 Å². The van der Waals surface area contributed by atoms with E-state index in [4.69, 9.17) is 0 Å². The third-order valence-electron chi connectivity index (χ3n) is 11.5. The van der Waals surface area contributed by atoms with Crippen molar-refractivity contribution in [2.45, 2.75) is 97.2 Å². The molecule has 0 heterocycles. The lowest BCUT2D eigenvalue weighted by Crippen LogP contribution is -2.58. The summed E-state index contributed by atoms with van der Waals surface area (Å²) in [7, 11) is 0. The molecule has 0 aromatic heterocycles. The molecule has 0 saturated heterocycles. The van der Waals surface area contributed by atoms with Gasteiger partial charge in [-0.15, -0.1) is 0 Å². The number of halogens is 1. The number of benzene rings is 1. The summed E-state index contributed by atoms with van der Waals surface area (Å²) in [5.74, 6) is 2.55. The Kier molecular flexibility index (Phi) is 7.54. The Bertz CT molecular complexity index is 999. The van der Waals surface area contributed by atoms with Crippen molar-refractivity contribution in [3.05, 3.63) is 35.6 Å². The van der Waals surface area contributed by atoms with Gasteiger partial charge in [0.05, 0.1) is 18.4 Å². The van der Waals surface area contributed by atoms with E-state index in [-0.39, 0.29) is 34.8 Å². The van der Waals surface area contributed by atoms with E-state index in [0.717, 1.165) is 37.7 Å². The molecule has 37 heavy (non-hydrogen) atoms. The van der Waals surface area contributed by atoms with Crippen molar-refractivity contribution >= 4 is 12.1 Å². The van der Waals surface area contributed by atoms with Gasteiger partial charge < -0.3 is 10.2 Å². The molecule has 1 aromatic rings. The minimum atomic E-state index is -0.295. The maximum atomic E-state index is 13.0. The lowest BCUT2D eigenvalue weighted by Gasteiger charge is -2.62. The van der Waals surface area contributed by atoms with Gasteiger partial charge in [0.25, 0.3) is 0 Å². The first-order chi connectivity index (χ1) is 17.6. The number of aliphatic hydroxyl groups excluding tert-OH is 2. The Balaban J connectivity index is 1.19. The molecule has 10 atom stereocenters. The van der Waals surface area contributed by atoms with Gasteiger partial charge in [0, 0.05) is 6.42 Å². The fourth-order valence-corrected chi connectivity index (χ4v) is 9.52. The second-order valence-corrected chi connectivity index (χ2v) is 13.3. The molecule has 4 aliphatic rings. The number of hydrogen-bond donors (Lipinski definition) is 3. The molecule has 3 N–H and O–H groups in total. The summed E-state index contributed by atoms with van der Waals surface area (Å²) >= 11 is 0. The predicted molar refractivity (Wildman–Crippen MR) is 143 cm³/mol. The summed E-state index contributed by atoms with van der Waals surface area (Å²) in [6, 6.07) is 6.00. The number of carbonyl (C=O) groups is 1. The summed E-state index contributed by atoms with van der Waals surface area (Å²) in [6.07, 6.45) is 10.8. The average Bonchev–Trinajstić information content (AvgIpc) is 3.22. The molecular formula is C31H45FN2O3. The fraction of sp³-hybridized carbons (Fsp3) is 0.742. The summed E-state index contributed by atoms with van der Waals surface area (Å²) < 4.78 is 13.0. The number of aliphatic hydroxyl groups is 2. The first-order valence-corrected chi connectivity index (χ1v) is 14.6. The molecule has 0 aliphatic heterocycles. The van der Waals surface area contributed by atoms with Crippen molar-refractivity contribution in [3.63, 3.8) is 0 Å². The molecule has 1 amide bonds. The van der Waals surface area contributed by atoms with Crippen LogP contribution in [0.5, 0.6) is 0 Å². The van der Waals surface area contributed by atoms with Gasteiger partial charge >= 0.3 is 0 Å². The third-order valence-corrected chi connectivity index (χ3v) is 11.5. The zero-order chi connectivity index (χ0) is 26.4. The van der Waals surface area contributed by atoms with Crippen molar-refractivity contribution < 1.29 is 19.4 Å². The summed E-state index contributed by atoms with van der Waals surface area (Å²) in [5.41, 5.74) is 3.83. The molecule has 0 bridgehead atoms. The van der Waals surface area contributed by atoms with E-state index in [1.165, 1.54) is 44.0 Å². The summed E-state index contributed by atoms with van der Waals surface area (Å²) in [4.78, 5) is 12.5. The van der Waals surface area contributed by atoms with Gasteiger partial charge in [-0.2, -0.15) is 5.10 Å². The molecule has 5 rings (SSSR count). The number of hydrogen-bond acceptors (Lipinski definition) is 4. The predicted octanol–water partition coefficient (Wildman–Crippen LogP) is 5.68. The molecule has 204 valence electrons. The number of fused-ring (bicyclic) bond motifs is 5. The van der Waals surface area contributed by atoms with Crippen molar-refractivity contribution in [1.29, 1.82) is 0 Å². The van der Waals surface area contributed by atoms with Crippen LogP contribution < -0.4 is 5.43 Å². The maximum absolute atomic E-state index is 13.0. The number of carbonyl (C=O) groups excluding carboxylic acids is 1. The minimum absolute atomic E-state index is 0.0882. The molecule has 1 aromatic carbocycles. The van der Waals surface area contributed by atoms with Crippen LogP contribution >= 0.6 is 0 Å². The van der Waals surface area contributed by atoms with Crippen LogP contribution in [-0.4, -0.2) is 34.5 Å². The fourth-order valence-electron chi connectivity index (χ4n) is 9.52. The van der Waals surface area contributed by atoms with E-state index in [1.807, 2.05) is 0 Å². The highest BCUT2D eigenvalue weighted by Gasteiger charge is 2.62. The standard InChI is InChI=1S/C31H45FN2O3/c1-19(4-11-28(37)34-33-18-20-5-7-22(32)8-6-20)24-9-10-25-29-26(13-15-31(24,25)3)30(2)14-12-23(35)16-21(30)17-27(29)36/h5-8,18-19,21,23-27,29,35-36H,4,9-17H2,1-3H3,(H,34,37). The van der Waals surface area contributed by atoms with Crippen LogP contribution in [0.2, 0.25) is 0 Å².